The summed E-state index contributed by atoms with van der Waals surface area (Å²) in [6.45, 7) is 9.74. The lowest BCUT2D eigenvalue weighted by molar-refractivity contribution is -0.121. The van der Waals surface area contributed by atoms with Crippen molar-refractivity contribution in [1.82, 2.24) is 0 Å². The summed E-state index contributed by atoms with van der Waals surface area (Å²) in [6.07, 6.45) is -2.07. The van der Waals surface area contributed by atoms with Crippen LogP contribution >= 0.6 is 47.6 Å². The van der Waals surface area contributed by atoms with E-state index in [-0.39, 0.29) is 27.6 Å². The van der Waals surface area contributed by atoms with Crippen molar-refractivity contribution < 1.29 is 29.3 Å². The Bertz CT molecular complexity index is 2520. The molecule has 14 nitrogen and oxygen atoms in total. The van der Waals surface area contributed by atoms with Crippen LogP contribution in [0.5, 0.6) is 0 Å². The number of benzene rings is 4. The number of ether oxygens (including phenoxy) is 1. The van der Waals surface area contributed by atoms with Crippen molar-refractivity contribution in [1.29, 1.82) is 10.5 Å². The molecule has 0 spiro atoms. The maximum absolute atomic E-state index is 13.4. The van der Waals surface area contributed by atoms with Gasteiger partial charge in [0, 0.05) is 11.4 Å². The number of aryl methyl sites for hydroxylation is 2. The van der Waals surface area contributed by atoms with Gasteiger partial charge in [-0.25, -0.2) is 4.79 Å². The lowest BCUT2D eigenvalue weighted by Gasteiger charge is -2.30. The highest BCUT2D eigenvalue weighted by atomic mass is 35.5. The average molecular weight is 888 g/mol. The van der Waals surface area contributed by atoms with Crippen molar-refractivity contribution in [2.24, 2.45) is 0 Å². The largest absolute Gasteiger partial charge is 0.446 e. The molecule has 6 rings (SSSR count). The van der Waals surface area contributed by atoms with Crippen molar-refractivity contribution in [3.63, 3.8) is 0 Å². The van der Waals surface area contributed by atoms with Gasteiger partial charge >= 0.3 is 6.09 Å². The summed E-state index contributed by atoms with van der Waals surface area (Å²) in [5.41, 5.74) is 9.55. The molecule has 1 atom stereocenters. The molecule has 60 heavy (non-hydrogen) atoms. The van der Waals surface area contributed by atoms with Crippen LogP contribution in [0.1, 0.15) is 49.9 Å². The number of amides is 3. The first-order valence-corrected chi connectivity index (χ1v) is 19.7. The molecule has 18 heteroatoms. The van der Waals surface area contributed by atoms with E-state index in [4.69, 9.17) is 68.5 Å². The number of nitriles is 2. The molecule has 2 heterocycles. The summed E-state index contributed by atoms with van der Waals surface area (Å²) >= 11 is 23.5. The zero-order valence-corrected chi connectivity index (χ0v) is 36.4. The van der Waals surface area contributed by atoms with Gasteiger partial charge in [-0.1, -0.05) is 23.2 Å². The third-order valence-electron chi connectivity index (χ3n) is 9.81. The second-order valence-corrected chi connectivity index (χ2v) is 16.3. The summed E-state index contributed by atoms with van der Waals surface area (Å²) in [5.74, 6) is -0.413. The number of aliphatic hydroxyl groups excluding tert-OH is 2. The first-order valence-electron chi connectivity index (χ1n) is 18.2. The maximum Gasteiger partial charge on any atom is 0.411 e. The second kappa shape index (κ2) is 17.8. The molecule has 2 aliphatic rings. The standard InChI is InChI=1S/C23H23ClN4O5S.C19H17ClN4OS/c1-13-8-15(5-4-14(13)10-25)27-20(31)23(2,3)28(22(27)34)16-6-7-18(24)19(9-16)26-21(32)33-12-17(30)11-29;1-11-8-13(5-4-12(11)10-21)23-17(25)19(2,3)24(18(23)26)14-6-7-15(20)16(22)9-14/h4-9,17,29-30H,11-12H2,1-3H3,(H,26,32);4-9H,22H2,1-3H3. The van der Waals surface area contributed by atoms with Crippen molar-refractivity contribution >= 4 is 110 Å². The van der Waals surface area contributed by atoms with Gasteiger partial charge in [0.2, 0.25) is 0 Å². The molecule has 5 N–H and O–H groups in total. The summed E-state index contributed by atoms with van der Waals surface area (Å²) < 4.78 is 4.86. The molecule has 0 aromatic heterocycles. The smallest absolute Gasteiger partial charge is 0.411 e. The van der Waals surface area contributed by atoms with Gasteiger partial charge in [0.15, 0.2) is 10.2 Å². The zero-order chi connectivity index (χ0) is 44.4. The minimum absolute atomic E-state index is 0.153. The lowest BCUT2D eigenvalue weighted by atomic mass is 10.0. The number of hydrogen-bond donors (Lipinski definition) is 4. The van der Waals surface area contributed by atoms with E-state index in [1.165, 1.54) is 9.80 Å². The molecule has 2 saturated heterocycles. The number of nitrogens with one attached hydrogen (secondary N) is 1. The minimum atomic E-state index is -1.20. The molecule has 0 bridgehead atoms. The Morgan fingerprint density at radius 2 is 1.22 bits per heavy atom. The van der Waals surface area contributed by atoms with Crippen molar-refractivity contribution in [2.75, 3.05) is 43.9 Å². The Morgan fingerprint density at radius 1 is 0.783 bits per heavy atom. The van der Waals surface area contributed by atoms with Gasteiger partial charge in [-0.15, -0.1) is 0 Å². The van der Waals surface area contributed by atoms with Crippen LogP contribution in [-0.4, -0.2) is 68.7 Å². The molecule has 4 aromatic rings. The van der Waals surface area contributed by atoms with Crippen molar-refractivity contribution in [2.45, 2.75) is 58.7 Å². The summed E-state index contributed by atoms with van der Waals surface area (Å²) in [6, 6.07) is 24.4. The molecule has 2 fully saturated rings. The van der Waals surface area contributed by atoms with Crippen LogP contribution in [-0.2, 0) is 14.3 Å². The first kappa shape index (κ1) is 45.2. The molecule has 3 amide bonds. The summed E-state index contributed by atoms with van der Waals surface area (Å²) in [4.78, 5) is 44.9. The van der Waals surface area contributed by atoms with Crippen molar-refractivity contribution in [3.8, 4) is 12.1 Å². The number of rotatable bonds is 8. The van der Waals surface area contributed by atoms with Gasteiger partial charge in [-0.05, 0) is 150 Å². The van der Waals surface area contributed by atoms with E-state index < -0.39 is 36.5 Å². The minimum Gasteiger partial charge on any atom is -0.446 e. The van der Waals surface area contributed by atoms with Crippen LogP contribution in [0.2, 0.25) is 10.0 Å². The average Bonchev–Trinajstić information content (AvgIpc) is 3.49. The van der Waals surface area contributed by atoms with E-state index in [1.54, 1.807) is 103 Å². The zero-order valence-electron chi connectivity index (χ0n) is 33.3. The van der Waals surface area contributed by atoms with Gasteiger partial charge in [0.05, 0.1) is 62.7 Å². The fourth-order valence-corrected chi connectivity index (χ4v) is 7.85. The molecule has 0 radical (unpaired) electrons. The Morgan fingerprint density at radius 3 is 1.63 bits per heavy atom. The Kier molecular flexibility index (Phi) is 13.4. The van der Waals surface area contributed by atoms with Gasteiger partial charge in [-0.3, -0.25) is 24.7 Å². The highest BCUT2D eigenvalue weighted by molar-refractivity contribution is 7.81. The fraction of sp³-hybridized carbons (Fsp3) is 0.262. The lowest BCUT2D eigenvalue weighted by Crippen LogP contribution is -2.44. The number of anilines is 6. The molecule has 1 unspecified atom stereocenters. The molecule has 4 aromatic carbocycles. The molecule has 2 aliphatic heterocycles. The second-order valence-electron chi connectivity index (χ2n) is 14.8. The quantitative estimate of drug-likeness (QED) is 0.101. The highest BCUT2D eigenvalue weighted by Gasteiger charge is 2.51. The van der Waals surface area contributed by atoms with Crippen LogP contribution in [0.4, 0.5) is 38.9 Å². The van der Waals surface area contributed by atoms with Crippen LogP contribution in [0.15, 0.2) is 72.8 Å². The molecular formula is C42H40Cl2N8O6S2. The van der Waals surface area contributed by atoms with Crippen LogP contribution in [0, 0.1) is 36.5 Å². The van der Waals surface area contributed by atoms with E-state index in [9.17, 15) is 24.8 Å². The van der Waals surface area contributed by atoms with E-state index in [0.717, 1.165) is 11.1 Å². The SMILES string of the molecule is Cc1cc(N2C(=O)C(C)(C)N(c3ccc(Cl)c(N)c3)C2=S)ccc1C#N.Cc1cc(N2C(=O)C(C)(C)N(c3ccc(Cl)c(NC(=O)OCC(O)CO)c3)C2=S)ccc1C#N. The predicted octanol–water partition coefficient (Wildman–Crippen LogP) is 7.36. The number of halogens is 2. The van der Waals surface area contributed by atoms with E-state index >= 15 is 0 Å². The third kappa shape index (κ3) is 8.71. The third-order valence-corrected chi connectivity index (χ3v) is 11.2. The van der Waals surface area contributed by atoms with Gasteiger partial charge in [0.1, 0.15) is 23.8 Å². The number of carbonyl (C=O) groups excluding carboxylic acids is 3. The summed E-state index contributed by atoms with van der Waals surface area (Å²) in [7, 11) is 0. The number of thiocarbonyl (C=S) groups is 2. The highest BCUT2D eigenvalue weighted by Crippen LogP contribution is 2.40. The topological polar surface area (TPSA) is 199 Å². The van der Waals surface area contributed by atoms with Gasteiger partial charge in [0.25, 0.3) is 11.8 Å². The molecular weight excluding hydrogens is 848 g/mol. The Labute approximate surface area is 367 Å². The molecule has 310 valence electrons. The maximum atomic E-state index is 13.4. The number of carbonyl (C=O) groups is 3. The number of nitrogens with two attached hydrogens (primary N) is 1. The van der Waals surface area contributed by atoms with Crippen molar-refractivity contribution in [3.05, 3.63) is 105 Å². The monoisotopic (exact) mass is 886 g/mol. The number of nitrogens with zero attached hydrogens (tertiary/aromatic N) is 6. The molecule has 0 saturated carbocycles. The number of hydrogen-bond acceptors (Lipinski definition) is 11. The Hall–Kier alpha value is -5.85. The predicted molar refractivity (Wildman–Crippen MR) is 240 cm³/mol. The summed E-state index contributed by atoms with van der Waals surface area (Å²) in [5, 5.41) is 40.2. The van der Waals surface area contributed by atoms with Gasteiger partial charge in [-0.2, -0.15) is 10.5 Å². The fourth-order valence-electron chi connectivity index (χ4n) is 6.53. The normalized spacial score (nSPS) is 15.9. The number of nitrogen functional groups attached to an aromatic ring is 1. The van der Waals surface area contributed by atoms with Crippen LogP contribution in [0.3, 0.4) is 0 Å². The van der Waals surface area contributed by atoms with Crippen LogP contribution < -0.4 is 30.7 Å². The van der Waals surface area contributed by atoms with E-state index in [1.807, 2.05) is 20.8 Å². The number of aliphatic hydroxyl groups is 2. The Balaban J connectivity index is 0.000000236. The van der Waals surface area contributed by atoms with E-state index in [0.29, 0.717) is 49.7 Å². The van der Waals surface area contributed by atoms with Gasteiger partial charge < -0.3 is 30.5 Å². The molecule has 0 aliphatic carbocycles. The van der Waals surface area contributed by atoms with E-state index in [2.05, 4.69) is 17.5 Å². The van der Waals surface area contributed by atoms with Crippen LogP contribution in [0.25, 0.3) is 0 Å². The first-order chi connectivity index (χ1) is 28.2.